The SMILES string of the molecule is O=C(c1cccc(Cl)c1)N(/N=C/c1ccccc1)c1nc2ccc(Br)cc2s1. The number of fused-ring (bicyclic) bond motifs is 1. The van der Waals surface area contributed by atoms with Crippen LogP contribution in [-0.2, 0) is 0 Å². The predicted molar refractivity (Wildman–Crippen MR) is 120 cm³/mol. The Balaban J connectivity index is 1.77. The number of nitrogens with zero attached hydrogens (tertiary/aromatic N) is 3. The van der Waals surface area contributed by atoms with Crippen molar-refractivity contribution >= 4 is 66.3 Å². The molecule has 3 aromatic carbocycles. The van der Waals surface area contributed by atoms with Crippen LogP contribution in [0.15, 0.2) is 82.4 Å². The number of amides is 1. The highest BCUT2D eigenvalue weighted by atomic mass is 79.9. The molecule has 0 unspecified atom stereocenters. The second-order valence-corrected chi connectivity index (χ2v) is 8.25. The molecule has 4 rings (SSSR count). The second-order valence-electron chi connectivity index (χ2n) is 5.89. The average molecular weight is 471 g/mol. The van der Waals surface area contributed by atoms with Gasteiger partial charge in [0.05, 0.1) is 16.4 Å². The number of aromatic nitrogens is 1. The van der Waals surface area contributed by atoms with Crippen LogP contribution in [0.3, 0.4) is 0 Å². The van der Waals surface area contributed by atoms with E-state index in [4.69, 9.17) is 11.6 Å². The van der Waals surface area contributed by atoms with Gasteiger partial charge in [0, 0.05) is 15.1 Å². The van der Waals surface area contributed by atoms with E-state index in [1.165, 1.54) is 16.3 Å². The van der Waals surface area contributed by atoms with Gasteiger partial charge in [0.2, 0.25) is 5.13 Å². The van der Waals surface area contributed by atoms with Gasteiger partial charge in [0.15, 0.2) is 0 Å². The van der Waals surface area contributed by atoms with Gasteiger partial charge in [0.25, 0.3) is 5.91 Å². The van der Waals surface area contributed by atoms with Crippen LogP contribution in [0.1, 0.15) is 15.9 Å². The molecule has 0 saturated carbocycles. The number of hydrazone groups is 1. The summed E-state index contributed by atoms with van der Waals surface area (Å²) < 4.78 is 1.92. The molecule has 0 atom stereocenters. The van der Waals surface area contributed by atoms with Gasteiger partial charge in [-0.25, -0.2) is 4.98 Å². The molecule has 0 fully saturated rings. The molecule has 28 heavy (non-hydrogen) atoms. The van der Waals surface area contributed by atoms with Crippen LogP contribution in [0, 0.1) is 0 Å². The summed E-state index contributed by atoms with van der Waals surface area (Å²) in [6.45, 7) is 0. The molecule has 0 aliphatic carbocycles. The lowest BCUT2D eigenvalue weighted by molar-refractivity contribution is 0.0988. The second kappa shape index (κ2) is 8.22. The molecule has 0 aliphatic rings. The zero-order valence-electron chi connectivity index (χ0n) is 14.4. The maximum atomic E-state index is 13.2. The third kappa shape index (κ3) is 4.14. The number of hydrogen-bond donors (Lipinski definition) is 0. The van der Waals surface area contributed by atoms with Gasteiger partial charge >= 0.3 is 0 Å². The molecular formula is C21H13BrClN3OS. The fourth-order valence-electron chi connectivity index (χ4n) is 2.57. The van der Waals surface area contributed by atoms with Crippen molar-refractivity contribution in [1.29, 1.82) is 0 Å². The standard InChI is InChI=1S/C21H13BrClN3OS/c22-16-9-10-18-19(12-16)28-21(25-18)26(24-13-14-5-2-1-3-6-14)20(27)15-7-4-8-17(23)11-15/h1-13H/b24-13+. The van der Waals surface area contributed by atoms with Crippen molar-refractivity contribution in [3.8, 4) is 0 Å². The van der Waals surface area contributed by atoms with Crippen LogP contribution >= 0.6 is 38.9 Å². The van der Waals surface area contributed by atoms with Crippen molar-refractivity contribution < 1.29 is 4.79 Å². The lowest BCUT2D eigenvalue weighted by Crippen LogP contribution is -2.25. The highest BCUT2D eigenvalue weighted by Crippen LogP contribution is 2.32. The first-order valence-electron chi connectivity index (χ1n) is 8.35. The number of thiazole rings is 1. The monoisotopic (exact) mass is 469 g/mol. The number of anilines is 1. The molecule has 0 aliphatic heterocycles. The Morgan fingerprint density at radius 2 is 1.89 bits per heavy atom. The molecule has 1 heterocycles. The summed E-state index contributed by atoms with van der Waals surface area (Å²) in [6, 6.07) is 22.2. The number of hydrogen-bond acceptors (Lipinski definition) is 4. The molecule has 1 amide bonds. The van der Waals surface area contributed by atoms with Crippen molar-refractivity contribution in [2.45, 2.75) is 0 Å². The van der Waals surface area contributed by atoms with E-state index in [9.17, 15) is 4.79 Å². The summed E-state index contributed by atoms with van der Waals surface area (Å²) in [5.74, 6) is -0.298. The zero-order chi connectivity index (χ0) is 19.5. The Bertz CT molecular complexity index is 1180. The van der Waals surface area contributed by atoms with E-state index in [0.29, 0.717) is 15.7 Å². The van der Waals surface area contributed by atoms with E-state index in [-0.39, 0.29) is 5.91 Å². The van der Waals surface area contributed by atoms with Crippen LogP contribution in [-0.4, -0.2) is 17.1 Å². The number of rotatable bonds is 4. The van der Waals surface area contributed by atoms with E-state index < -0.39 is 0 Å². The van der Waals surface area contributed by atoms with Gasteiger partial charge in [-0.3, -0.25) is 4.79 Å². The molecule has 0 spiro atoms. The lowest BCUT2D eigenvalue weighted by atomic mass is 10.2. The van der Waals surface area contributed by atoms with Gasteiger partial charge in [-0.2, -0.15) is 10.1 Å². The Labute approximate surface area is 179 Å². The Kier molecular flexibility index (Phi) is 5.52. The van der Waals surface area contributed by atoms with Crippen LogP contribution in [0.5, 0.6) is 0 Å². The first kappa shape index (κ1) is 18.8. The summed E-state index contributed by atoms with van der Waals surface area (Å²) in [4.78, 5) is 17.8. The van der Waals surface area contributed by atoms with Crippen LogP contribution in [0.2, 0.25) is 5.02 Å². The van der Waals surface area contributed by atoms with E-state index in [1.54, 1.807) is 30.5 Å². The van der Waals surface area contributed by atoms with E-state index in [1.807, 2.05) is 48.5 Å². The zero-order valence-corrected chi connectivity index (χ0v) is 17.6. The van der Waals surface area contributed by atoms with E-state index in [0.717, 1.165) is 20.3 Å². The lowest BCUT2D eigenvalue weighted by Gasteiger charge is -2.14. The van der Waals surface area contributed by atoms with Crippen molar-refractivity contribution in [3.05, 3.63) is 93.4 Å². The molecule has 4 aromatic rings. The van der Waals surface area contributed by atoms with Gasteiger partial charge < -0.3 is 0 Å². The molecule has 0 saturated heterocycles. The third-order valence-corrected chi connectivity index (χ3v) is 5.63. The molecule has 0 bridgehead atoms. The fourth-order valence-corrected chi connectivity index (χ4v) is 4.24. The predicted octanol–water partition coefficient (Wildman–Crippen LogP) is 6.39. The van der Waals surface area contributed by atoms with Gasteiger partial charge in [-0.15, -0.1) is 0 Å². The molecule has 1 aromatic heterocycles. The normalized spacial score (nSPS) is 11.2. The molecule has 0 radical (unpaired) electrons. The summed E-state index contributed by atoms with van der Waals surface area (Å²) in [5, 5.41) is 6.74. The van der Waals surface area contributed by atoms with E-state index in [2.05, 4.69) is 26.0 Å². The van der Waals surface area contributed by atoms with Crippen molar-refractivity contribution in [2.75, 3.05) is 5.01 Å². The number of carbonyl (C=O) groups is 1. The summed E-state index contributed by atoms with van der Waals surface area (Å²) in [5.41, 5.74) is 2.13. The van der Waals surface area contributed by atoms with E-state index >= 15 is 0 Å². The minimum atomic E-state index is -0.298. The largest absolute Gasteiger partial charge is 0.280 e. The summed E-state index contributed by atoms with van der Waals surface area (Å²) in [7, 11) is 0. The van der Waals surface area contributed by atoms with Crippen LogP contribution in [0.25, 0.3) is 10.2 Å². The maximum Gasteiger partial charge on any atom is 0.280 e. The smallest absolute Gasteiger partial charge is 0.267 e. The molecule has 4 nitrogen and oxygen atoms in total. The minimum absolute atomic E-state index is 0.298. The topological polar surface area (TPSA) is 45.6 Å². The molecule has 0 N–H and O–H groups in total. The fraction of sp³-hybridized carbons (Fsp3) is 0. The Morgan fingerprint density at radius 1 is 1.07 bits per heavy atom. The number of halogens is 2. The Morgan fingerprint density at radius 3 is 2.68 bits per heavy atom. The van der Waals surface area contributed by atoms with Crippen molar-refractivity contribution in [3.63, 3.8) is 0 Å². The highest BCUT2D eigenvalue weighted by Gasteiger charge is 2.21. The first-order chi connectivity index (χ1) is 13.6. The Hall–Kier alpha value is -2.54. The quantitative estimate of drug-likeness (QED) is 0.256. The number of benzene rings is 3. The van der Waals surface area contributed by atoms with Crippen molar-refractivity contribution in [1.82, 2.24) is 4.98 Å². The molecule has 138 valence electrons. The molecule has 7 heteroatoms. The minimum Gasteiger partial charge on any atom is -0.267 e. The third-order valence-electron chi connectivity index (χ3n) is 3.91. The van der Waals surface area contributed by atoms with Gasteiger partial charge in [-0.05, 0) is 42.0 Å². The van der Waals surface area contributed by atoms with Crippen molar-refractivity contribution in [2.24, 2.45) is 5.10 Å². The van der Waals surface area contributed by atoms with Crippen LogP contribution < -0.4 is 5.01 Å². The number of carbonyl (C=O) groups excluding carboxylic acids is 1. The highest BCUT2D eigenvalue weighted by molar-refractivity contribution is 9.10. The summed E-state index contributed by atoms with van der Waals surface area (Å²) >= 11 is 10.9. The maximum absolute atomic E-state index is 13.2. The molecular weight excluding hydrogens is 458 g/mol. The van der Waals surface area contributed by atoms with Gasteiger partial charge in [0.1, 0.15) is 0 Å². The van der Waals surface area contributed by atoms with Crippen LogP contribution in [0.4, 0.5) is 5.13 Å². The average Bonchev–Trinajstić information content (AvgIpc) is 3.11. The van der Waals surface area contributed by atoms with Gasteiger partial charge in [-0.1, -0.05) is 75.3 Å². The first-order valence-corrected chi connectivity index (χ1v) is 10.3. The summed E-state index contributed by atoms with van der Waals surface area (Å²) in [6.07, 6.45) is 1.64.